The molecule has 0 amide bonds. The number of nitrogens with zero attached hydrogens (tertiary/aromatic N) is 2. The predicted molar refractivity (Wildman–Crippen MR) is 196 cm³/mol. The number of benzene rings is 7. The summed E-state index contributed by atoms with van der Waals surface area (Å²) < 4.78 is 11.3. The zero-order valence-corrected chi connectivity index (χ0v) is 25.5. The zero-order valence-electron chi connectivity index (χ0n) is 24.7. The van der Waals surface area contributed by atoms with Gasteiger partial charge in [0.2, 0.25) is 0 Å². The third-order valence-corrected chi connectivity index (χ3v) is 10.4. The van der Waals surface area contributed by atoms with Crippen LogP contribution in [0.15, 0.2) is 162 Å². The maximum Gasteiger partial charge on any atom is 0.137 e. The summed E-state index contributed by atoms with van der Waals surface area (Å²) in [7, 11) is 0. The number of hydrogen-bond acceptors (Lipinski definition) is 3. The van der Waals surface area contributed by atoms with E-state index in [1.807, 2.05) is 23.5 Å². The van der Waals surface area contributed by atoms with Gasteiger partial charge in [0, 0.05) is 60.1 Å². The molecule has 3 aromatic heterocycles. The van der Waals surface area contributed by atoms with Crippen molar-refractivity contribution in [2.75, 3.05) is 4.90 Å². The molecular weight excluding hydrogens is 581 g/mol. The highest BCUT2D eigenvalue weighted by Gasteiger charge is 2.21. The van der Waals surface area contributed by atoms with Gasteiger partial charge in [0.05, 0.1) is 21.4 Å². The monoisotopic (exact) mass is 606 g/mol. The summed E-state index contributed by atoms with van der Waals surface area (Å²) in [4.78, 5) is 2.40. The van der Waals surface area contributed by atoms with Crippen LogP contribution in [0.4, 0.5) is 17.1 Å². The Bertz CT molecular complexity index is 2770. The van der Waals surface area contributed by atoms with Gasteiger partial charge in [0.15, 0.2) is 0 Å². The molecule has 0 aliphatic heterocycles. The fraction of sp³-hybridized carbons (Fsp3) is 0. The highest BCUT2D eigenvalue weighted by molar-refractivity contribution is 7.26. The maximum absolute atomic E-state index is 6.41. The lowest BCUT2D eigenvalue weighted by Gasteiger charge is -2.26. The molecule has 0 saturated heterocycles. The van der Waals surface area contributed by atoms with Crippen molar-refractivity contribution in [3.8, 4) is 5.69 Å². The van der Waals surface area contributed by atoms with E-state index < -0.39 is 0 Å². The van der Waals surface area contributed by atoms with Crippen molar-refractivity contribution < 1.29 is 4.42 Å². The van der Waals surface area contributed by atoms with Gasteiger partial charge in [-0.1, -0.05) is 91.0 Å². The van der Waals surface area contributed by atoms with Crippen LogP contribution in [0.3, 0.4) is 0 Å². The average Bonchev–Trinajstić information content (AvgIpc) is 3.78. The van der Waals surface area contributed by atoms with E-state index in [1.165, 1.54) is 42.0 Å². The first-order valence-electron chi connectivity index (χ1n) is 15.5. The molecule has 0 saturated carbocycles. The molecule has 10 aromatic rings. The van der Waals surface area contributed by atoms with Crippen molar-refractivity contribution in [3.63, 3.8) is 0 Å². The second-order valence-corrected chi connectivity index (χ2v) is 12.8. The molecule has 0 aliphatic carbocycles. The molecule has 0 unspecified atom stereocenters. The summed E-state index contributed by atoms with van der Waals surface area (Å²) in [5.41, 5.74) is 8.59. The minimum absolute atomic E-state index is 0.881. The first-order valence-corrected chi connectivity index (χ1v) is 16.3. The molecule has 0 spiro atoms. The number of anilines is 3. The number of furan rings is 1. The van der Waals surface area contributed by atoms with E-state index >= 15 is 0 Å². The minimum Gasteiger partial charge on any atom is -0.456 e. The fourth-order valence-electron chi connectivity index (χ4n) is 7.14. The maximum atomic E-state index is 6.41. The Morgan fingerprint density at radius 2 is 1.11 bits per heavy atom. The minimum atomic E-state index is 0.881. The normalized spacial score (nSPS) is 11.9. The van der Waals surface area contributed by atoms with E-state index in [0.717, 1.165) is 44.7 Å². The van der Waals surface area contributed by atoms with Gasteiger partial charge >= 0.3 is 0 Å². The Morgan fingerprint density at radius 3 is 2.00 bits per heavy atom. The number of rotatable bonds is 4. The summed E-state index contributed by atoms with van der Waals surface area (Å²) >= 11 is 1.85. The lowest BCUT2D eigenvalue weighted by Crippen LogP contribution is -2.10. The lowest BCUT2D eigenvalue weighted by molar-refractivity contribution is 0.669. The van der Waals surface area contributed by atoms with Crippen molar-refractivity contribution in [2.45, 2.75) is 0 Å². The van der Waals surface area contributed by atoms with Crippen molar-refractivity contribution in [2.24, 2.45) is 0 Å². The van der Waals surface area contributed by atoms with E-state index in [-0.39, 0.29) is 0 Å². The first kappa shape index (κ1) is 25.5. The molecule has 0 aliphatic rings. The Hall–Kier alpha value is -5.84. The quantitative estimate of drug-likeness (QED) is 0.199. The lowest BCUT2D eigenvalue weighted by atomic mass is 10.1. The van der Waals surface area contributed by atoms with Gasteiger partial charge in [-0.3, -0.25) is 0 Å². The Kier molecular flexibility index (Phi) is 5.45. The molecule has 10 rings (SSSR count). The molecule has 4 heteroatoms. The Balaban J connectivity index is 1.28. The second-order valence-electron chi connectivity index (χ2n) is 11.8. The molecule has 0 fully saturated rings. The van der Waals surface area contributed by atoms with Crippen molar-refractivity contribution in [3.05, 3.63) is 158 Å². The largest absolute Gasteiger partial charge is 0.456 e. The molecule has 0 atom stereocenters. The third kappa shape index (κ3) is 3.71. The van der Waals surface area contributed by atoms with Crippen LogP contribution in [0.25, 0.3) is 69.6 Å². The van der Waals surface area contributed by atoms with Gasteiger partial charge < -0.3 is 13.9 Å². The number of hydrogen-bond donors (Lipinski definition) is 0. The average molecular weight is 607 g/mol. The van der Waals surface area contributed by atoms with Gasteiger partial charge in [-0.15, -0.1) is 11.3 Å². The molecule has 7 aromatic carbocycles. The molecule has 46 heavy (non-hydrogen) atoms. The first-order chi connectivity index (χ1) is 22.8. The van der Waals surface area contributed by atoms with E-state index in [2.05, 4.69) is 155 Å². The van der Waals surface area contributed by atoms with Crippen LogP contribution in [0.1, 0.15) is 0 Å². The molecule has 3 heterocycles. The van der Waals surface area contributed by atoms with Gasteiger partial charge in [0.25, 0.3) is 0 Å². The topological polar surface area (TPSA) is 21.3 Å². The van der Waals surface area contributed by atoms with Crippen LogP contribution in [0.2, 0.25) is 0 Å². The molecular formula is C42H26N2OS. The summed E-state index contributed by atoms with van der Waals surface area (Å²) in [6.07, 6.45) is 0. The van der Waals surface area contributed by atoms with Crippen molar-refractivity contribution >= 4 is 92.3 Å². The molecule has 0 bridgehead atoms. The fourth-order valence-corrected chi connectivity index (χ4v) is 8.35. The van der Waals surface area contributed by atoms with Gasteiger partial charge in [-0.25, -0.2) is 0 Å². The van der Waals surface area contributed by atoms with Gasteiger partial charge in [-0.05, 0) is 60.7 Å². The van der Waals surface area contributed by atoms with E-state index in [0.29, 0.717) is 0 Å². The van der Waals surface area contributed by atoms with Crippen LogP contribution in [0.5, 0.6) is 0 Å². The van der Waals surface area contributed by atoms with Crippen LogP contribution in [-0.4, -0.2) is 4.57 Å². The highest BCUT2D eigenvalue weighted by Crippen LogP contribution is 2.46. The molecule has 0 radical (unpaired) electrons. The Labute approximate surface area is 268 Å². The number of aromatic nitrogens is 1. The zero-order chi connectivity index (χ0) is 30.2. The summed E-state index contributed by atoms with van der Waals surface area (Å²) in [6, 6.07) is 56.5. The molecule has 3 nitrogen and oxygen atoms in total. The second kappa shape index (κ2) is 9.83. The van der Waals surface area contributed by atoms with Crippen LogP contribution in [-0.2, 0) is 0 Å². The van der Waals surface area contributed by atoms with Crippen LogP contribution < -0.4 is 4.90 Å². The molecule has 0 N–H and O–H groups in total. The summed E-state index contributed by atoms with van der Waals surface area (Å²) in [5, 5.41) is 7.30. The smallest absolute Gasteiger partial charge is 0.137 e. The SMILES string of the molecule is c1ccc(-n2c3ccccc3c3ccc(N(c4ccc5c(c4)oc4ccccc45)c4cccc5c4sc4ccccc45)cc32)cc1. The molecule has 216 valence electrons. The highest BCUT2D eigenvalue weighted by atomic mass is 32.1. The third-order valence-electron chi connectivity index (χ3n) is 9.17. The standard InChI is InChI=1S/C42H26N2OS/c1-2-11-27(12-3-1)44-36-17-7-4-13-30(36)31-23-21-28(25-38(31)44)43(29-22-24-33-32-14-5-8-19-39(32)45-40(33)26-29)37-18-10-16-35-34-15-6-9-20-41(34)46-42(35)37/h1-26H. The van der Waals surface area contributed by atoms with E-state index in [4.69, 9.17) is 4.42 Å². The van der Waals surface area contributed by atoms with E-state index in [9.17, 15) is 0 Å². The van der Waals surface area contributed by atoms with Crippen LogP contribution >= 0.6 is 11.3 Å². The van der Waals surface area contributed by atoms with Gasteiger partial charge in [0.1, 0.15) is 11.2 Å². The van der Waals surface area contributed by atoms with Crippen molar-refractivity contribution in [1.29, 1.82) is 0 Å². The summed E-state index contributed by atoms with van der Waals surface area (Å²) in [5.74, 6) is 0. The van der Waals surface area contributed by atoms with Crippen molar-refractivity contribution in [1.82, 2.24) is 4.57 Å². The van der Waals surface area contributed by atoms with Crippen LogP contribution in [0, 0.1) is 0 Å². The number of para-hydroxylation sites is 3. The number of fused-ring (bicyclic) bond motifs is 9. The number of thiophene rings is 1. The predicted octanol–water partition coefficient (Wildman–Crippen LogP) is 12.5. The Morgan fingerprint density at radius 1 is 0.457 bits per heavy atom. The van der Waals surface area contributed by atoms with E-state index in [1.54, 1.807) is 0 Å². The summed E-state index contributed by atoms with van der Waals surface area (Å²) in [6.45, 7) is 0. The van der Waals surface area contributed by atoms with Gasteiger partial charge in [-0.2, -0.15) is 0 Å².